The molecule has 0 N–H and O–H groups in total. The minimum atomic E-state index is 0.922. The van der Waals surface area contributed by atoms with Crippen LogP contribution in [0.25, 0.3) is 0 Å². The number of hydrogen-bond donors (Lipinski definition) is 0. The summed E-state index contributed by atoms with van der Waals surface area (Å²) in [5.74, 6) is 0. The zero-order valence-electron chi connectivity index (χ0n) is 6.82. The van der Waals surface area contributed by atoms with Crippen LogP contribution in [0.4, 0.5) is 0 Å². The van der Waals surface area contributed by atoms with E-state index < -0.39 is 0 Å². The molecule has 2 heteroatoms. The van der Waals surface area contributed by atoms with Gasteiger partial charge in [-0.3, -0.25) is 0 Å². The summed E-state index contributed by atoms with van der Waals surface area (Å²) in [6, 6.07) is 0. The van der Waals surface area contributed by atoms with Gasteiger partial charge >= 0.3 is 0 Å². The maximum Gasteiger partial charge on any atom is 0.0143 e. The highest BCUT2D eigenvalue weighted by Gasteiger charge is 1.93. The van der Waals surface area contributed by atoms with E-state index in [-0.39, 0.29) is 0 Å². The van der Waals surface area contributed by atoms with Gasteiger partial charge in [0.15, 0.2) is 0 Å². The van der Waals surface area contributed by atoms with Gasteiger partial charge in [0, 0.05) is 23.8 Å². The van der Waals surface area contributed by atoms with Crippen molar-refractivity contribution in [1.82, 2.24) is 4.90 Å². The number of halogens is 1. The Labute approximate surface area is 71.5 Å². The van der Waals surface area contributed by atoms with Gasteiger partial charge in [-0.1, -0.05) is 22.5 Å². The minimum absolute atomic E-state index is 0.922. The smallest absolute Gasteiger partial charge is 0.0143 e. The fourth-order valence-corrected chi connectivity index (χ4v) is 0.918. The molecule has 0 spiro atoms. The Morgan fingerprint density at radius 1 is 1.70 bits per heavy atom. The van der Waals surface area contributed by atoms with Gasteiger partial charge in [0.25, 0.3) is 0 Å². The third-order valence-electron chi connectivity index (χ3n) is 1.44. The molecule has 0 aliphatic carbocycles. The van der Waals surface area contributed by atoms with Gasteiger partial charge in [-0.15, -0.1) is 0 Å². The van der Waals surface area contributed by atoms with Gasteiger partial charge < -0.3 is 4.90 Å². The molecule has 0 amide bonds. The van der Waals surface area contributed by atoms with Gasteiger partial charge in [0.2, 0.25) is 0 Å². The largest absolute Gasteiger partial charge is 0.378 e. The molecule has 0 unspecified atom stereocenters. The molecule has 0 saturated heterocycles. The van der Waals surface area contributed by atoms with E-state index in [1.165, 1.54) is 5.70 Å². The highest BCUT2D eigenvalue weighted by molar-refractivity contribution is 9.11. The summed E-state index contributed by atoms with van der Waals surface area (Å²) < 4.78 is 0.922. The van der Waals surface area contributed by atoms with E-state index in [0.717, 1.165) is 11.0 Å². The lowest BCUT2D eigenvalue weighted by Crippen LogP contribution is -2.14. The first-order valence-corrected chi connectivity index (χ1v) is 4.11. The third kappa shape index (κ3) is 3.72. The molecule has 0 rings (SSSR count). The first-order chi connectivity index (χ1) is 4.57. The van der Waals surface area contributed by atoms with Crippen LogP contribution in [0.3, 0.4) is 0 Å². The zero-order valence-corrected chi connectivity index (χ0v) is 8.40. The first kappa shape index (κ1) is 9.76. The van der Waals surface area contributed by atoms with Crippen molar-refractivity contribution in [2.24, 2.45) is 0 Å². The topological polar surface area (TPSA) is 3.24 Å². The van der Waals surface area contributed by atoms with Crippen molar-refractivity contribution in [1.29, 1.82) is 0 Å². The Morgan fingerprint density at radius 2 is 2.20 bits per heavy atom. The van der Waals surface area contributed by atoms with Gasteiger partial charge in [0.1, 0.15) is 0 Å². The number of nitrogens with zero attached hydrogens (tertiary/aromatic N) is 1. The average molecular weight is 204 g/mol. The second kappa shape index (κ2) is 4.56. The van der Waals surface area contributed by atoms with Crippen molar-refractivity contribution >= 4 is 15.9 Å². The Bertz CT molecular complexity index is 149. The molecule has 1 nitrogen and oxygen atoms in total. The summed E-state index contributed by atoms with van der Waals surface area (Å²) >= 11 is 3.27. The van der Waals surface area contributed by atoms with E-state index in [1.54, 1.807) is 0 Å². The molecule has 0 saturated carbocycles. The molecule has 0 aromatic rings. The average Bonchev–Trinajstić information content (AvgIpc) is 1.85. The van der Waals surface area contributed by atoms with E-state index in [0.29, 0.717) is 0 Å². The SMILES string of the molecule is C=C(Br)/C=C(\C)N(C)CC. The molecular formula is C8H14BrN. The van der Waals surface area contributed by atoms with E-state index in [9.17, 15) is 0 Å². The van der Waals surface area contributed by atoms with Crippen LogP contribution in [0, 0.1) is 0 Å². The lowest BCUT2D eigenvalue weighted by molar-refractivity contribution is 0.443. The maximum atomic E-state index is 3.73. The van der Waals surface area contributed by atoms with Crippen molar-refractivity contribution in [3.8, 4) is 0 Å². The molecule has 0 bridgehead atoms. The molecule has 0 heterocycles. The van der Waals surface area contributed by atoms with E-state index in [1.807, 2.05) is 6.08 Å². The first-order valence-electron chi connectivity index (χ1n) is 3.31. The van der Waals surface area contributed by atoms with Crippen LogP contribution in [0.5, 0.6) is 0 Å². The lowest BCUT2D eigenvalue weighted by atomic mass is 10.4. The molecule has 0 aliphatic rings. The predicted molar refractivity (Wildman–Crippen MR) is 50.1 cm³/mol. The number of hydrogen-bond acceptors (Lipinski definition) is 1. The fraction of sp³-hybridized carbons (Fsp3) is 0.500. The lowest BCUT2D eigenvalue weighted by Gasteiger charge is -2.16. The van der Waals surface area contributed by atoms with Crippen LogP contribution in [0.15, 0.2) is 22.8 Å². The highest BCUT2D eigenvalue weighted by Crippen LogP contribution is 2.08. The van der Waals surface area contributed by atoms with E-state index in [4.69, 9.17) is 0 Å². The van der Waals surface area contributed by atoms with Gasteiger partial charge in [-0.05, 0) is 19.9 Å². The van der Waals surface area contributed by atoms with Crippen LogP contribution < -0.4 is 0 Å². The van der Waals surface area contributed by atoms with Crippen molar-refractivity contribution in [2.75, 3.05) is 13.6 Å². The van der Waals surface area contributed by atoms with Gasteiger partial charge in [-0.2, -0.15) is 0 Å². The summed E-state index contributed by atoms with van der Waals surface area (Å²) in [4.78, 5) is 2.16. The summed E-state index contributed by atoms with van der Waals surface area (Å²) in [7, 11) is 2.06. The molecule has 0 fully saturated rings. The minimum Gasteiger partial charge on any atom is -0.378 e. The molecule has 58 valence electrons. The molecule has 0 atom stereocenters. The van der Waals surface area contributed by atoms with Crippen LogP contribution in [0.1, 0.15) is 13.8 Å². The van der Waals surface area contributed by atoms with Crippen LogP contribution in [0.2, 0.25) is 0 Å². The summed E-state index contributed by atoms with van der Waals surface area (Å²) in [6.45, 7) is 8.94. The normalized spacial score (nSPS) is 11.4. The molecule has 0 aromatic carbocycles. The van der Waals surface area contributed by atoms with Gasteiger partial charge in [0.05, 0.1) is 0 Å². The number of allylic oxidation sites excluding steroid dienone is 3. The summed E-state index contributed by atoms with van der Waals surface area (Å²) in [6.07, 6.45) is 2.00. The fourth-order valence-electron chi connectivity index (χ4n) is 0.586. The molecule has 0 aliphatic heterocycles. The van der Waals surface area contributed by atoms with Gasteiger partial charge in [-0.25, -0.2) is 0 Å². The molecule has 0 radical (unpaired) electrons. The highest BCUT2D eigenvalue weighted by atomic mass is 79.9. The number of rotatable bonds is 3. The van der Waals surface area contributed by atoms with Crippen molar-refractivity contribution < 1.29 is 0 Å². The van der Waals surface area contributed by atoms with Crippen LogP contribution >= 0.6 is 15.9 Å². The Balaban J connectivity index is 4.04. The standard InChI is InChI=1S/C8H14BrN/c1-5-10(4)8(3)6-7(2)9/h6H,2,5H2,1,3-4H3/b8-6+. The Kier molecular flexibility index (Phi) is 4.45. The van der Waals surface area contributed by atoms with Crippen molar-refractivity contribution in [3.05, 3.63) is 22.8 Å². The predicted octanol–water partition coefficient (Wildman–Crippen LogP) is 2.75. The summed E-state index contributed by atoms with van der Waals surface area (Å²) in [5.41, 5.74) is 1.23. The zero-order chi connectivity index (χ0) is 8.15. The van der Waals surface area contributed by atoms with Crippen LogP contribution in [-0.4, -0.2) is 18.5 Å². The third-order valence-corrected chi connectivity index (χ3v) is 1.67. The second-order valence-corrected chi connectivity index (χ2v) is 3.27. The van der Waals surface area contributed by atoms with E-state index in [2.05, 4.69) is 48.3 Å². The quantitative estimate of drug-likeness (QED) is 0.639. The van der Waals surface area contributed by atoms with E-state index >= 15 is 0 Å². The van der Waals surface area contributed by atoms with Crippen molar-refractivity contribution in [3.63, 3.8) is 0 Å². The molecule has 10 heavy (non-hydrogen) atoms. The monoisotopic (exact) mass is 203 g/mol. The molecular weight excluding hydrogens is 190 g/mol. The van der Waals surface area contributed by atoms with Crippen LogP contribution in [-0.2, 0) is 0 Å². The second-order valence-electron chi connectivity index (χ2n) is 2.25. The summed E-state index contributed by atoms with van der Waals surface area (Å²) in [5, 5.41) is 0. The Hall–Kier alpha value is -0.240. The Morgan fingerprint density at radius 3 is 2.50 bits per heavy atom. The maximum absolute atomic E-state index is 3.73. The van der Waals surface area contributed by atoms with Crippen molar-refractivity contribution in [2.45, 2.75) is 13.8 Å². The molecule has 0 aromatic heterocycles.